The summed E-state index contributed by atoms with van der Waals surface area (Å²) in [7, 11) is 0. The first-order valence-corrected chi connectivity index (χ1v) is 5.20. The first-order valence-electron chi connectivity index (χ1n) is 5.20. The van der Waals surface area contributed by atoms with Crippen LogP contribution in [0.1, 0.15) is 40.5 Å². The highest BCUT2D eigenvalue weighted by atomic mass is 15.2. The molecule has 1 heterocycles. The van der Waals surface area contributed by atoms with Gasteiger partial charge in [-0.25, -0.2) is 0 Å². The average molecular weight is 180 g/mol. The van der Waals surface area contributed by atoms with E-state index in [-0.39, 0.29) is 11.5 Å². The van der Waals surface area contributed by atoms with Gasteiger partial charge in [0.1, 0.15) is 0 Å². The molecule has 0 N–H and O–H groups in total. The van der Waals surface area contributed by atoms with E-state index in [0.717, 1.165) is 13.0 Å². The van der Waals surface area contributed by atoms with Crippen LogP contribution in [0.25, 0.3) is 0 Å². The van der Waals surface area contributed by atoms with Crippen LogP contribution in [0.15, 0.2) is 0 Å². The normalized spacial score (nSPS) is 29.9. The van der Waals surface area contributed by atoms with Gasteiger partial charge in [-0.05, 0) is 33.6 Å². The molecule has 1 aliphatic heterocycles. The SMILES string of the molecule is CCC(C)N1CCC(C#N)C1(C)C. The Labute approximate surface area is 81.5 Å². The van der Waals surface area contributed by atoms with Gasteiger partial charge < -0.3 is 0 Å². The first kappa shape index (κ1) is 10.5. The Morgan fingerprint density at radius 3 is 2.62 bits per heavy atom. The molecule has 2 unspecified atom stereocenters. The van der Waals surface area contributed by atoms with Gasteiger partial charge in [-0.2, -0.15) is 5.26 Å². The summed E-state index contributed by atoms with van der Waals surface area (Å²) < 4.78 is 0. The van der Waals surface area contributed by atoms with Crippen molar-refractivity contribution < 1.29 is 0 Å². The largest absolute Gasteiger partial charge is 0.294 e. The van der Waals surface area contributed by atoms with Crippen molar-refractivity contribution in [2.45, 2.75) is 52.1 Å². The fourth-order valence-corrected chi connectivity index (χ4v) is 2.34. The zero-order valence-electron chi connectivity index (χ0n) is 9.17. The van der Waals surface area contributed by atoms with Crippen molar-refractivity contribution in [2.24, 2.45) is 5.92 Å². The maximum atomic E-state index is 9.00. The molecule has 1 fully saturated rings. The summed E-state index contributed by atoms with van der Waals surface area (Å²) in [6, 6.07) is 3.03. The molecule has 13 heavy (non-hydrogen) atoms. The molecular weight excluding hydrogens is 160 g/mol. The van der Waals surface area contributed by atoms with Crippen LogP contribution in [-0.4, -0.2) is 23.0 Å². The Hall–Kier alpha value is -0.550. The molecule has 0 saturated carbocycles. The van der Waals surface area contributed by atoms with Gasteiger partial charge in [-0.15, -0.1) is 0 Å². The molecule has 2 nitrogen and oxygen atoms in total. The third kappa shape index (κ3) is 1.71. The minimum atomic E-state index is 0.0736. The van der Waals surface area contributed by atoms with Crippen molar-refractivity contribution in [2.75, 3.05) is 6.54 Å². The fourth-order valence-electron chi connectivity index (χ4n) is 2.34. The van der Waals surface area contributed by atoms with Gasteiger partial charge in [0.15, 0.2) is 0 Å². The monoisotopic (exact) mass is 180 g/mol. The van der Waals surface area contributed by atoms with Crippen LogP contribution in [0.3, 0.4) is 0 Å². The van der Waals surface area contributed by atoms with E-state index >= 15 is 0 Å². The lowest BCUT2D eigenvalue weighted by molar-refractivity contribution is 0.107. The predicted octanol–water partition coefficient (Wildman–Crippen LogP) is 2.41. The van der Waals surface area contributed by atoms with Crippen LogP contribution in [0.4, 0.5) is 0 Å². The van der Waals surface area contributed by atoms with E-state index in [2.05, 4.69) is 38.7 Å². The van der Waals surface area contributed by atoms with Crippen LogP contribution >= 0.6 is 0 Å². The van der Waals surface area contributed by atoms with Gasteiger partial charge in [0.05, 0.1) is 12.0 Å². The molecule has 0 spiro atoms. The molecule has 74 valence electrons. The second-order valence-corrected chi connectivity index (χ2v) is 4.57. The van der Waals surface area contributed by atoms with Gasteiger partial charge in [0, 0.05) is 18.1 Å². The molecule has 0 aliphatic carbocycles. The molecule has 2 heteroatoms. The van der Waals surface area contributed by atoms with Crippen LogP contribution in [0, 0.1) is 17.2 Å². The van der Waals surface area contributed by atoms with Crippen LogP contribution in [0.2, 0.25) is 0 Å². The zero-order chi connectivity index (χ0) is 10.1. The summed E-state index contributed by atoms with van der Waals surface area (Å²) in [5, 5.41) is 9.00. The van der Waals surface area contributed by atoms with Crippen molar-refractivity contribution in [3.63, 3.8) is 0 Å². The third-order valence-corrected chi connectivity index (χ3v) is 3.53. The molecule has 1 saturated heterocycles. The Morgan fingerprint density at radius 2 is 2.23 bits per heavy atom. The highest BCUT2D eigenvalue weighted by Gasteiger charge is 2.42. The van der Waals surface area contributed by atoms with Gasteiger partial charge in [0.2, 0.25) is 0 Å². The van der Waals surface area contributed by atoms with E-state index in [4.69, 9.17) is 5.26 Å². The number of hydrogen-bond acceptors (Lipinski definition) is 2. The van der Waals surface area contributed by atoms with Crippen molar-refractivity contribution in [3.05, 3.63) is 0 Å². The van der Waals surface area contributed by atoms with Gasteiger partial charge in [0.25, 0.3) is 0 Å². The van der Waals surface area contributed by atoms with Crippen molar-refractivity contribution in [1.29, 1.82) is 5.26 Å². The summed E-state index contributed by atoms with van der Waals surface area (Å²) in [6.07, 6.45) is 2.20. The van der Waals surface area contributed by atoms with Crippen LogP contribution in [0.5, 0.6) is 0 Å². The molecule has 1 aliphatic rings. The van der Waals surface area contributed by atoms with E-state index in [1.165, 1.54) is 6.42 Å². The molecule has 0 aromatic heterocycles. The topological polar surface area (TPSA) is 27.0 Å². The number of nitrogens with zero attached hydrogens (tertiary/aromatic N) is 2. The lowest BCUT2D eigenvalue weighted by Crippen LogP contribution is -2.46. The van der Waals surface area contributed by atoms with Gasteiger partial charge in [-0.1, -0.05) is 6.92 Å². The molecular formula is C11H20N2. The minimum Gasteiger partial charge on any atom is -0.294 e. The van der Waals surface area contributed by atoms with Crippen molar-refractivity contribution in [1.82, 2.24) is 4.90 Å². The van der Waals surface area contributed by atoms with Gasteiger partial charge >= 0.3 is 0 Å². The predicted molar refractivity (Wildman–Crippen MR) is 54.3 cm³/mol. The summed E-state index contributed by atoms with van der Waals surface area (Å²) >= 11 is 0. The minimum absolute atomic E-state index is 0.0736. The van der Waals surface area contributed by atoms with E-state index in [1.807, 2.05) is 0 Å². The third-order valence-electron chi connectivity index (χ3n) is 3.53. The Kier molecular flexibility index (Phi) is 2.98. The lowest BCUT2D eigenvalue weighted by Gasteiger charge is -2.37. The fraction of sp³-hybridized carbons (Fsp3) is 0.909. The lowest BCUT2D eigenvalue weighted by atomic mass is 9.89. The standard InChI is InChI=1S/C11H20N2/c1-5-9(2)13-7-6-10(8-12)11(13,3)4/h9-10H,5-7H2,1-4H3. The Balaban J connectivity index is 2.76. The maximum absolute atomic E-state index is 9.00. The molecule has 0 bridgehead atoms. The molecule has 0 aromatic rings. The van der Waals surface area contributed by atoms with Crippen molar-refractivity contribution in [3.8, 4) is 6.07 Å². The van der Waals surface area contributed by atoms with E-state index in [1.54, 1.807) is 0 Å². The molecule has 1 rings (SSSR count). The second kappa shape index (κ2) is 3.67. The summed E-state index contributed by atoms with van der Waals surface area (Å²) in [5.41, 5.74) is 0.0736. The quantitative estimate of drug-likeness (QED) is 0.652. The second-order valence-electron chi connectivity index (χ2n) is 4.57. The summed E-state index contributed by atoms with van der Waals surface area (Å²) in [6.45, 7) is 9.93. The smallest absolute Gasteiger partial charge is 0.0675 e. The highest BCUT2D eigenvalue weighted by Crippen LogP contribution is 2.35. The summed E-state index contributed by atoms with van der Waals surface area (Å²) in [5.74, 6) is 0.210. The number of nitriles is 1. The molecule has 0 radical (unpaired) electrons. The number of hydrogen-bond donors (Lipinski definition) is 0. The summed E-state index contributed by atoms with van der Waals surface area (Å²) in [4.78, 5) is 2.47. The van der Waals surface area contributed by atoms with E-state index < -0.39 is 0 Å². The Morgan fingerprint density at radius 1 is 1.62 bits per heavy atom. The molecule has 0 amide bonds. The molecule has 0 aromatic carbocycles. The number of likely N-dealkylation sites (tertiary alicyclic amines) is 1. The van der Waals surface area contributed by atoms with E-state index in [0.29, 0.717) is 6.04 Å². The molecule has 2 atom stereocenters. The first-order chi connectivity index (χ1) is 6.04. The highest BCUT2D eigenvalue weighted by molar-refractivity contribution is 5.06. The van der Waals surface area contributed by atoms with E-state index in [9.17, 15) is 0 Å². The van der Waals surface area contributed by atoms with Gasteiger partial charge in [-0.3, -0.25) is 4.90 Å². The Bertz CT molecular complexity index is 215. The van der Waals surface area contributed by atoms with Crippen LogP contribution < -0.4 is 0 Å². The number of rotatable bonds is 2. The maximum Gasteiger partial charge on any atom is 0.0675 e. The van der Waals surface area contributed by atoms with Crippen molar-refractivity contribution >= 4 is 0 Å². The average Bonchev–Trinajstić information content (AvgIpc) is 2.39. The zero-order valence-corrected chi connectivity index (χ0v) is 9.17. The van der Waals surface area contributed by atoms with Crippen LogP contribution in [-0.2, 0) is 0 Å².